The Morgan fingerprint density at radius 1 is 1.42 bits per heavy atom. The Balaban J connectivity index is 2.85. The van der Waals surface area contributed by atoms with E-state index in [2.05, 4.69) is 4.72 Å². The first-order valence-electron chi connectivity index (χ1n) is 5.47. The van der Waals surface area contributed by atoms with E-state index in [0.717, 1.165) is 6.26 Å². The zero-order valence-electron chi connectivity index (χ0n) is 10.7. The first kappa shape index (κ1) is 15.1. The second-order valence-electron chi connectivity index (χ2n) is 3.72. The van der Waals surface area contributed by atoms with E-state index < -0.39 is 16.0 Å². The van der Waals surface area contributed by atoms with Crippen LogP contribution in [-0.4, -0.2) is 33.9 Å². The van der Waals surface area contributed by atoms with Crippen molar-refractivity contribution >= 4 is 27.4 Å². The molecule has 7 nitrogen and oxygen atoms in total. The van der Waals surface area contributed by atoms with Crippen LogP contribution in [0.4, 0.5) is 11.4 Å². The van der Waals surface area contributed by atoms with Crippen molar-refractivity contribution in [1.82, 2.24) is 0 Å². The molecule has 0 fully saturated rings. The molecular formula is C11H16N2O5S. The van der Waals surface area contributed by atoms with E-state index in [1.165, 1.54) is 18.2 Å². The molecule has 1 aromatic rings. The van der Waals surface area contributed by atoms with Crippen molar-refractivity contribution in [3.05, 3.63) is 18.2 Å². The molecule has 3 N–H and O–H groups in total. The second kappa shape index (κ2) is 6.28. The van der Waals surface area contributed by atoms with Gasteiger partial charge in [0.05, 0.1) is 18.6 Å². The van der Waals surface area contributed by atoms with Crippen LogP contribution in [0.5, 0.6) is 5.75 Å². The zero-order chi connectivity index (χ0) is 14.5. The summed E-state index contributed by atoms with van der Waals surface area (Å²) in [6, 6.07) is 4.41. The lowest BCUT2D eigenvalue weighted by molar-refractivity contribution is -0.145. The molecule has 0 spiro atoms. The highest BCUT2D eigenvalue weighted by Gasteiger charge is 2.11. The number of hydrogen-bond donors (Lipinski definition) is 2. The van der Waals surface area contributed by atoms with Gasteiger partial charge >= 0.3 is 5.97 Å². The second-order valence-corrected chi connectivity index (χ2v) is 5.47. The summed E-state index contributed by atoms with van der Waals surface area (Å²) in [4.78, 5) is 11.2. The number of nitrogens with one attached hydrogen (secondary N) is 1. The van der Waals surface area contributed by atoms with E-state index in [-0.39, 0.29) is 24.7 Å². The Morgan fingerprint density at radius 3 is 2.68 bits per heavy atom. The third kappa shape index (κ3) is 5.47. The summed E-state index contributed by atoms with van der Waals surface area (Å²) in [5.41, 5.74) is 6.11. The maximum absolute atomic E-state index is 11.2. The number of rotatable bonds is 6. The lowest BCUT2D eigenvalue weighted by Gasteiger charge is -2.12. The smallest absolute Gasteiger partial charge is 0.344 e. The summed E-state index contributed by atoms with van der Waals surface area (Å²) in [5, 5.41) is 0. The van der Waals surface area contributed by atoms with Crippen molar-refractivity contribution in [3.8, 4) is 5.75 Å². The van der Waals surface area contributed by atoms with Crippen LogP contribution in [0.15, 0.2) is 18.2 Å². The number of sulfonamides is 1. The van der Waals surface area contributed by atoms with Gasteiger partial charge in [-0.05, 0) is 25.1 Å². The summed E-state index contributed by atoms with van der Waals surface area (Å²) in [7, 11) is -3.47. The van der Waals surface area contributed by atoms with Crippen molar-refractivity contribution in [2.75, 3.05) is 29.9 Å². The van der Waals surface area contributed by atoms with E-state index in [4.69, 9.17) is 15.2 Å². The molecule has 0 heterocycles. The molecule has 0 radical (unpaired) electrons. The Labute approximate surface area is 111 Å². The predicted molar refractivity (Wildman–Crippen MR) is 71.4 cm³/mol. The number of benzene rings is 1. The lowest BCUT2D eigenvalue weighted by Crippen LogP contribution is -2.16. The molecule has 0 saturated carbocycles. The molecule has 1 rings (SSSR count). The van der Waals surface area contributed by atoms with E-state index >= 15 is 0 Å². The summed E-state index contributed by atoms with van der Waals surface area (Å²) in [6.07, 6.45) is 1.01. The topological polar surface area (TPSA) is 108 Å². The average Bonchev–Trinajstić information content (AvgIpc) is 2.26. The van der Waals surface area contributed by atoms with Gasteiger partial charge in [-0.2, -0.15) is 0 Å². The van der Waals surface area contributed by atoms with Crippen molar-refractivity contribution in [2.45, 2.75) is 6.92 Å². The van der Waals surface area contributed by atoms with Gasteiger partial charge in [0, 0.05) is 5.69 Å². The fourth-order valence-electron chi connectivity index (χ4n) is 1.29. The number of nitrogen functional groups attached to an aromatic ring is 1. The van der Waals surface area contributed by atoms with Crippen LogP contribution in [0.3, 0.4) is 0 Å². The Morgan fingerprint density at radius 2 is 2.11 bits per heavy atom. The van der Waals surface area contributed by atoms with E-state index in [1.807, 2.05) is 0 Å². The SMILES string of the molecule is CCOC(=O)COc1ccc(N)cc1NS(C)(=O)=O. The molecule has 0 bridgehead atoms. The Kier molecular flexibility index (Phi) is 4.99. The van der Waals surface area contributed by atoms with Gasteiger partial charge in [0.15, 0.2) is 6.61 Å². The number of esters is 1. The van der Waals surface area contributed by atoms with Gasteiger partial charge in [-0.25, -0.2) is 13.2 Å². The standard InChI is InChI=1S/C11H16N2O5S/c1-3-17-11(14)7-18-10-5-4-8(12)6-9(10)13-19(2,15)16/h4-6,13H,3,7,12H2,1-2H3. The monoisotopic (exact) mass is 288 g/mol. The Hall–Kier alpha value is -1.96. The maximum atomic E-state index is 11.2. The molecule has 106 valence electrons. The highest BCUT2D eigenvalue weighted by atomic mass is 32.2. The van der Waals surface area contributed by atoms with Gasteiger partial charge in [0.25, 0.3) is 0 Å². The van der Waals surface area contributed by atoms with Gasteiger partial charge < -0.3 is 15.2 Å². The normalized spacial score (nSPS) is 10.8. The van der Waals surface area contributed by atoms with Crippen molar-refractivity contribution in [2.24, 2.45) is 0 Å². The fourth-order valence-corrected chi connectivity index (χ4v) is 1.85. The number of carbonyl (C=O) groups excluding carboxylic acids is 1. The van der Waals surface area contributed by atoms with Crippen molar-refractivity contribution < 1.29 is 22.7 Å². The molecule has 0 atom stereocenters. The van der Waals surface area contributed by atoms with E-state index in [0.29, 0.717) is 5.69 Å². The molecule has 0 saturated heterocycles. The van der Waals surface area contributed by atoms with Crippen LogP contribution in [0, 0.1) is 0 Å². The molecule has 19 heavy (non-hydrogen) atoms. The van der Waals surface area contributed by atoms with E-state index in [9.17, 15) is 13.2 Å². The minimum atomic E-state index is -3.47. The average molecular weight is 288 g/mol. The first-order chi connectivity index (χ1) is 8.81. The number of anilines is 2. The van der Waals surface area contributed by atoms with E-state index in [1.54, 1.807) is 6.92 Å². The number of hydrogen-bond acceptors (Lipinski definition) is 6. The molecule has 0 aliphatic rings. The molecule has 0 aromatic heterocycles. The van der Waals surface area contributed by atoms with Gasteiger partial charge in [-0.3, -0.25) is 4.72 Å². The third-order valence-electron chi connectivity index (χ3n) is 1.95. The Bertz CT molecular complexity index is 556. The minimum absolute atomic E-state index is 0.173. The summed E-state index contributed by atoms with van der Waals surface area (Å²) in [5.74, 6) is -0.336. The van der Waals surface area contributed by atoms with Crippen molar-refractivity contribution in [3.63, 3.8) is 0 Å². The largest absolute Gasteiger partial charge is 0.480 e. The van der Waals surface area contributed by atoms with Crippen LogP contribution >= 0.6 is 0 Å². The number of nitrogens with two attached hydrogens (primary N) is 1. The molecule has 0 unspecified atom stereocenters. The molecule has 0 amide bonds. The van der Waals surface area contributed by atoms with Crippen LogP contribution in [0.1, 0.15) is 6.92 Å². The number of ether oxygens (including phenoxy) is 2. The molecule has 1 aromatic carbocycles. The minimum Gasteiger partial charge on any atom is -0.480 e. The molecule has 0 aliphatic carbocycles. The molecular weight excluding hydrogens is 272 g/mol. The summed E-state index contributed by atoms with van der Waals surface area (Å²) >= 11 is 0. The van der Waals surface area contributed by atoms with Crippen LogP contribution in [0.25, 0.3) is 0 Å². The van der Waals surface area contributed by atoms with Crippen LogP contribution in [-0.2, 0) is 19.6 Å². The first-order valence-corrected chi connectivity index (χ1v) is 7.36. The van der Waals surface area contributed by atoms with Crippen LogP contribution < -0.4 is 15.2 Å². The maximum Gasteiger partial charge on any atom is 0.344 e. The predicted octanol–water partition coefficient (Wildman–Crippen LogP) is 0.582. The zero-order valence-corrected chi connectivity index (χ0v) is 11.5. The quantitative estimate of drug-likeness (QED) is 0.585. The van der Waals surface area contributed by atoms with Crippen molar-refractivity contribution in [1.29, 1.82) is 0 Å². The van der Waals surface area contributed by atoms with Gasteiger partial charge in [-0.1, -0.05) is 0 Å². The van der Waals surface area contributed by atoms with Gasteiger partial charge in [-0.15, -0.1) is 0 Å². The molecule has 0 aliphatic heterocycles. The summed E-state index contributed by atoms with van der Waals surface area (Å²) < 4.78 is 34.6. The highest BCUT2D eigenvalue weighted by Crippen LogP contribution is 2.27. The lowest BCUT2D eigenvalue weighted by atomic mass is 10.2. The van der Waals surface area contributed by atoms with Crippen LogP contribution in [0.2, 0.25) is 0 Å². The summed E-state index contributed by atoms with van der Waals surface area (Å²) in [6.45, 7) is 1.62. The molecule has 8 heteroatoms. The van der Waals surface area contributed by atoms with Gasteiger partial charge in [0.1, 0.15) is 5.75 Å². The third-order valence-corrected chi connectivity index (χ3v) is 2.54. The number of carbonyl (C=O) groups is 1. The van der Waals surface area contributed by atoms with Gasteiger partial charge in [0.2, 0.25) is 10.0 Å². The highest BCUT2D eigenvalue weighted by molar-refractivity contribution is 7.92. The fraction of sp³-hybridized carbons (Fsp3) is 0.364.